The Bertz CT molecular complexity index is 483. The first-order valence-electron chi connectivity index (χ1n) is 7.02. The standard InChI is InChI=1S/C16H23NO3/c1-4-14(18)16(17)13-8-6-12(10-11(13)3)7-9-15(19)20-5-2/h6,8,10,16H,4-5,7,9,17H2,1-3H3. The van der Waals surface area contributed by atoms with Gasteiger partial charge in [-0.15, -0.1) is 0 Å². The van der Waals surface area contributed by atoms with Gasteiger partial charge in [0.25, 0.3) is 0 Å². The second-order valence-electron chi connectivity index (χ2n) is 4.79. The zero-order chi connectivity index (χ0) is 15.1. The third-order valence-corrected chi connectivity index (χ3v) is 3.29. The summed E-state index contributed by atoms with van der Waals surface area (Å²) in [5.41, 5.74) is 8.83. The Kier molecular flexibility index (Phi) is 6.39. The number of benzene rings is 1. The number of aryl methyl sites for hydroxylation is 2. The van der Waals surface area contributed by atoms with Crippen LogP contribution in [-0.2, 0) is 20.7 Å². The van der Waals surface area contributed by atoms with Crippen molar-refractivity contribution in [2.45, 2.75) is 46.1 Å². The molecule has 0 radical (unpaired) electrons. The fourth-order valence-electron chi connectivity index (χ4n) is 2.12. The molecule has 110 valence electrons. The molecule has 0 aliphatic heterocycles. The maximum absolute atomic E-state index is 11.7. The predicted molar refractivity (Wildman–Crippen MR) is 78.4 cm³/mol. The van der Waals surface area contributed by atoms with Gasteiger partial charge < -0.3 is 10.5 Å². The Balaban J connectivity index is 2.73. The molecule has 1 aromatic rings. The number of rotatable bonds is 7. The van der Waals surface area contributed by atoms with Crippen molar-refractivity contribution in [3.63, 3.8) is 0 Å². The zero-order valence-corrected chi connectivity index (χ0v) is 12.4. The lowest BCUT2D eigenvalue weighted by atomic mass is 9.95. The van der Waals surface area contributed by atoms with E-state index < -0.39 is 6.04 Å². The van der Waals surface area contributed by atoms with Crippen LogP contribution < -0.4 is 5.73 Å². The first-order chi connectivity index (χ1) is 9.49. The van der Waals surface area contributed by atoms with E-state index in [1.54, 1.807) is 6.92 Å². The third-order valence-electron chi connectivity index (χ3n) is 3.29. The van der Waals surface area contributed by atoms with Gasteiger partial charge in [-0.2, -0.15) is 0 Å². The lowest BCUT2D eigenvalue weighted by Gasteiger charge is -2.14. The molecule has 4 heteroatoms. The molecule has 4 nitrogen and oxygen atoms in total. The summed E-state index contributed by atoms with van der Waals surface area (Å²) < 4.78 is 4.90. The van der Waals surface area contributed by atoms with E-state index in [4.69, 9.17) is 10.5 Å². The van der Waals surface area contributed by atoms with Gasteiger partial charge in [0, 0.05) is 12.8 Å². The summed E-state index contributed by atoms with van der Waals surface area (Å²) in [5, 5.41) is 0. The molecule has 1 aromatic carbocycles. The van der Waals surface area contributed by atoms with E-state index in [-0.39, 0.29) is 11.8 Å². The Hall–Kier alpha value is -1.68. The topological polar surface area (TPSA) is 69.4 Å². The van der Waals surface area contributed by atoms with Gasteiger partial charge in [0.2, 0.25) is 0 Å². The van der Waals surface area contributed by atoms with E-state index in [9.17, 15) is 9.59 Å². The van der Waals surface area contributed by atoms with Crippen molar-refractivity contribution < 1.29 is 14.3 Å². The smallest absolute Gasteiger partial charge is 0.306 e. The average molecular weight is 277 g/mol. The summed E-state index contributed by atoms with van der Waals surface area (Å²) in [6.45, 7) is 5.95. The Labute approximate surface area is 120 Å². The minimum Gasteiger partial charge on any atom is -0.466 e. The van der Waals surface area contributed by atoms with E-state index in [2.05, 4.69) is 0 Å². The van der Waals surface area contributed by atoms with Crippen molar-refractivity contribution >= 4 is 11.8 Å². The van der Waals surface area contributed by atoms with Gasteiger partial charge in [-0.25, -0.2) is 0 Å². The van der Waals surface area contributed by atoms with Crippen molar-refractivity contribution in [1.29, 1.82) is 0 Å². The molecule has 1 rings (SSSR count). The number of hydrogen-bond acceptors (Lipinski definition) is 4. The molecule has 0 bridgehead atoms. The van der Waals surface area contributed by atoms with Crippen LogP contribution in [0.15, 0.2) is 18.2 Å². The van der Waals surface area contributed by atoms with E-state index in [0.717, 1.165) is 16.7 Å². The van der Waals surface area contributed by atoms with Crippen LogP contribution in [0.2, 0.25) is 0 Å². The molecule has 0 saturated heterocycles. The highest BCUT2D eigenvalue weighted by atomic mass is 16.5. The van der Waals surface area contributed by atoms with Crippen LogP contribution in [-0.4, -0.2) is 18.4 Å². The number of esters is 1. The lowest BCUT2D eigenvalue weighted by molar-refractivity contribution is -0.143. The summed E-state index contributed by atoms with van der Waals surface area (Å²) in [4.78, 5) is 23.0. The average Bonchev–Trinajstić information content (AvgIpc) is 2.44. The molecule has 1 atom stereocenters. The summed E-state index contributed by atoms with van der Waals surface area (Å²) >= 11 is 0. The monoisotopic (exact) mass is 277 g/mol. The third kappa shape index (κ3) is 4.46. The fraction of sp³-hybridized carbons (Fsp3) is 0.500. The summed E-state index contributed by atoms with van der Waals surface area (Å²) in [6, 6.07) is 5.23. The summed E-state index contributed by atoms with van der Waals surface area (Å²) in [7, 11) is 0. The van der Waals surface area contributed by atoms with Crippen LogP contribution in [0.1, 0.15) is 49.4 Å². The SMILES string of the molecule is CCOC(=O)CCc1ccc(C(N)C(=O)CC)c(C)c1. The van der Waals surface area contributed by atoms with Gasteiger partial charge in [0.15, 0.2) is 5.78 Å². The molecular formula is C16H23NO3. The molecule has 20 heavy (non-hydrogen) atoms. The predicted octanol–water partition coefficient (Wildman–Crippen LogP) is 2.47. The largest absolute Gasteiger partial charge is 0.466 e. The van der Waals surface area contributed by atoms with E-state index in [1.807, 2.05) is 32.0 Å². The Morgan fingerprint density at radius 2 is 2.00 bits per heavy atom. The number of carbonyl (C=O) groups is 2. The molecule has 1 unspecified atom stereocenters. The van der Waals surface area contributed by atoms with Crippen molar-refractivity contribution in [3.05, 3.63) is 34.9 Å². The normalized spacial score (nSPS) is 12.0. The Morgan fingerprint density at radius 1 is 1.30 bits per heavy atom. The fourth-order valence-corrected chi connectivity index (χ4v) is 2.12. The molecule has 0 spiro atoms. The van der Waals surface area contributed by atoms with Crippen molar-refractivity contribution in [3.8, 4) is 0 Å². The molecule has 0 aliphatic rings. The van der Waals surface area contributed by atoms with Crippen LogP contribution in [0.3, 0.4) is 0 Å². The van der Waals surface area contributed by atoms with E-state index in [1.165, 1.54) is 0 Å². The van der Waals surface area contributed by atoms with E-state index >= 15 is 0 Å². The van der Waals surface area contributed by atoms with Crippen LogP contribution in [0, 0.1) is 6.92 Å². The lowest BCUT2D eigenvalue weighted by Crippen LogP contribution is -2.21. The maximum atomic E-state index is 11.7. The second kappa shape index (κ2) is 7.80. The highest BCUT2D eigenvalue weighted by molar-refractivity contribution is 5.85. The quantitative estimate of drug-likeness (QED) is 0.777. The number of ketones is 1. The van der Waals surface area contributed by atoms with Gasteiger partial charge in [0.1, 0.15) is 0 Å². The molecule has 0 fully saturated rings. The highest BCUT2D eigenvalue weighted by Crippen LogP contribution is 2.20. The molecule has 2 N–H and O–H groups in total. The van der Waals surface area contributed by atoms with Crippen LogP contribution in [0.25, 0.3) is 0 Å². The first-order valence-corrected chi connectivity index (χ1v) is 7.02. The number of ether oxygens (including phenoxy) is 1. The van der Waals surface area contributed by atoms with Crippen molar-refractivity contribution in [1.82, 2.24) is 0 Å². The van der Waals surface area contributed by atoms with Crippen LogP contribution in [0.4, 0.5) is 0 Å². The molecule has 0 aromatic heterocycles. The number of nitrogens with two attached hydrogens (primary N) is 1. The maximum Gasteiger partial charge on any atom is 0.306 e. The van der Waals surface area contributed by atoms with Crippen molar-refractivity contribution in [2.24, 2.45) is 5.73 Å². The minimum atomic E-state index is -0.556. The number of hydrogen-bond donors (Lipinski definition) is 1. The molecule has 0 amide bonds. The highest BCUT2D eigenvalue weighted by Gasteiger charge is 2.16. The summed E-state index contributed by atoms with van der Waals surface area (Å²) in [5.74, 6) is -0.153. The number of carbonyl (C=O) groups excluding carboxylic acids is 2. The molecular weight excluding hydrogens is 254 g/mol. The summed E-state index contributed by atoms with van der Waals surface area (Å²) in [6.07, 6.45) is 1.44. The minimum absolute atomic E-state index is 0.0346. The number of Topliss-reactive ketones (excluding diaryl/α,β-unsaturated/α-hetero) is 1. The Morgan fingerprint density at radius 3 is 2.55 bits per heavy atom. The van der Waals surface area contributed by atoms with Gasteiger partial charge in [-0.05, 0) is 37.0 Å². The van der Waals surface area contributed by atoms with Crippen molar-refractivity contribution in [2.75, 3.05) is 6.61 Å². The van der Waals surface area contributed by atoms with Gasteiger partial charge in [-0.1, -0.05) is 25.1 Å². The van der Waals surface area contributed by atoms with E-state index in [0.29, 0.717) is 25.9 Å². The first kappa shape index (κ1) is 16.4. The van der Waals surface area contributed by atoms with Crippen LogP contribution in [0.5, 0.6) is 0 Å². The zero-order valence-electron chi connectivity index (χ0n) is 12.4. The molecule has 0 aliphatic carbocycles. The van der Waals surface area contributed by atoms with Crippen LogP contribution >= 0.6 is 0 Å². The molecule has 0 saturated carbocycles. The van der Waals surface area contributed by atoms with Gasteiger partial charge in [0.05, 0.1) is 12.6 Å². The van der Waals surface area contributed by atoms with Gasteiger partial charge in [-0.3, -0.25) is 9.59 Å². The second-order valence-corrected chi connectivity index (χ2v) is 4.79. The van der Waals surface area contributed by atoms with Gasteiger partial charge >= 0.3 is 5.97 Å². The molecule has 0 heterocycles.